The van der Waals surface area contributed by atoms with E-state index in [0.29, 0.717) is 23.3 Å². The van der Waals surface area contributed by atoms with E-state index in [0.717, 1.165) is 51.3 Å². The highest BCUT2D eigenvalue weighted by Crippen LogP contribution is 2.49. The summed E-state index contributed by atoms with van der Waals surface area (Å²) in [5, 5.41) is 8.01. The highest BCUT2D eigenvalue weighted by molar-refractivity contribution is 5.95. The minimum Gasteiger partial charge on any atom is -0.379 e. The summed E-state index contributed by atoms with van der Waals surface area (Å²) in [7, 11) is 0. The van der Waals surface area contributed by atoms with Gasteiger partial charge in [-0.3, -0.25) is 14.7 Å². The zero-order chi connectivity index (χ0) is 20.7. The molecule has 160 valence electrons. The van der Waals surface area contributed by atoms with Crippen LogP contribution in [-0.2, 0) is 11.2 Å². The molecule has 1 saturated carbocycles. The molecule has 3 aliphatic rings. The summed E-state index contributed by atoms with van der Waals surface area (Å²) in [4.78, 5) is 24.4. The number of nitrogens with zero attached hydrogens (tertiary/aromatic N) is 5. The van der Waals surface area contributed by atoms with Crippen molar-refractivity contribution in [1.29, 1.82) is 0 Å². The van der Waals surface area contributed by atoms with Gasteiger partial charge < -0.3 is 10.1 Å². The highest BCUT2D eigenvalue weighted by Gasteiger charge is 2.43. The first kappa shape index (κ1) is 19.6. The number of nitrogens with one attached hydrogen (secondary N) is 1. The lowest BCUT2D eigenvalue weighted by molar-refractivity contribution is 0.0268. The molecule has 1 N–H and O–H groups in total. The fraction of sp³-hybridized carbons (Fsp3) is 0.636. The van der Waals surface area contributed by atoms with Crippen molar-refractivity contribution in [3.8, 4) is 5.82 Å². The maximum atomic E-state index is 13.4. The first-order valence-corrected chi connectivity index (χ1v) is 11.0. The van der Waals surface area contributed by atoms with Crippen LogP contribution in [0, 0.1) is 5.92 Å². The van der Waals surface area contributed by atoms with Crippen molar-refractivity contribution in [2.24, 2.45) is 5.92 Å². The molecule has 0 unspecified atom stereocenters. The van der Waals surface area contributed by atoms with E-state index in [1.54, 1.807) is 18.6 Å². The molecule has 0 bridgehead atoms. The molecule has 2 fully saturated rings. The first-order valence-electron chi connectivity index (χ1n) is 11.0. The van der Waals surface area contributed by atoms with Crippen molar-refractivity contribution in [3.05, 3.63) is 35.5 Å². The first-order chi connectivity index (χ1) is 14.5. The minimum atomic E-state index is -0.355. The number of rotatable bonds is 5. The Kier molecular flexibility index (Phi) is 5.06. The lowest BCUT2D eigenvalue weighted by Crippen LogP contribution is -2.53. The number of hydrogen-bond donors (Lipinski definition) is 1. The molecule has 0 aromatic carbocycles. The van der Waals surface area contributed by atoms with Crippen LogP contribution in [0.1, 0.15) is 60.8 Å². The van der Waals surface area contributed by atoms with Gasteiger partial charge in [0.25, 0.3) is 5.91 Å². The zero-order valence-electron chi connectivity index (χ0n) is 17.8. The van der Waals surface area contributed by atoms with Gasteiger partial charge in [0.2, 0.25) is 0 Å². The third-order valence-corrected chi connectivity index (χ3v) is 6.66. The Morgan fingerprint density at radius 2 is 2.10 bits per heavy atom. The van der Waals surface area contributed by atoms with Crippen molar-refractivity contribution >= 4 is 5.91 Å². The molecule has 3 heterocycles. The summed E-state index contributed by atoms with van der Waals surface area (Å²) in [6.07, 6.45) is 9.63. The van der Waals surface area contributed by atoms with E-state index in [-0.39, 0.29) is 11.4 Å². The largest absolute Gasteiger partial charge is 0.379 e. The molecule has 2 atom stereocenters. The Labute approximate surface area is 177 Å². The van der Waals surface area contributed by atoms with Crippen LogP contribution >= 0.6 is 0 Å². The molecule has 2 aromatic rings. The highest BCUT2D eigenvalue weighted by atomic mass is 16.5. The number of aromatic nitrogens is 4. The molecule has 2 aliphatic carbocycles. The number of carbonyl (C=O) groups excluding carboxylic acids is 1. The molecule has 1 saturated heterocycles. The molecular weight excluding hydrogens is 380 g/mol. The Morgan fingerprint density at radius 3 is 2.87 bits per heavy atom. The van der Waals surface area contributed by atoms with Crippen LogP contribution in [0.3, 0.4) is 0 Å². The average molecular weight is 411 g/mol. The van der Waals surface area contributed by atoms with Gasteiger partial charge in [-0.25, -0.2) is 9.67 Å². The van der Waals surface area contributed by atoms with Gasteiger partial charge in [-0.15, -0.1) is 0 Å². The summed E-state index contributed by atoms with van der Waals surface area (Å²) >= 11 is 0. The predicted molar refractivity (Wildman–Crippen MR) is 112 cm³/mol. The lowest BCUT2D eigenvalue weighted by Gasteiger charge is -2.35. The Hall–Kier alpha value is -2.32. The quantitative estimate of drug-likeness (QED) is 0.811. The minimum absolute atomic E-state index is 0.0906. The number of amides is 1. The van der Waals surface area contributed by atoms with E-state index in [2.05, 4.69) is 34.0 Å². The van der Waals surface area contributed by atoms with Crippen LogP contribution < -0.4 is 5.32 Å². The molecule has 5 rings (SSSR count). The van der Waals surface area contributed by atoms with Crippen LogP contribution in [0.15, 0.2) is 18.6 Å². The van der Waals surface area contributed by atoms with E-state index in [1.165, 1.54) is 18.5 Å². The molecule has 8 nitrogen and oxygen atoms in total. The van der Waals surface area contributed by atoms with Gasteiger partial charge in [-0.2, -0.15) is 5.10 Å². The van der Waals surface area contributed by atoms with Crippen molar-refractivity contribution < 1.29 is 9.53 Å². The maximum absolute atomic E-state index is 13.4. The van der Waals surface area contributed by atoms with Crippen LogP contribution in [0.25, 0.3) is 5.82 Å². The number of ether oxygens (including phenoxy) is 1. The van der Waals surface area contributed by atoms with E-state index in [1.807, 2.05) is 4.68 Å². The second kappa shape index (κ2) is 7.74. The van der Waals surface area contributed by atoms with Gasteiger partial charge in [0.05, 0.1) is 25.1 Å². The predicted octanol–water partition coefficient (Wildman–Crippen LogP) is 1.94. The molecule has 30 heavy (non-hydrogen) atoms. The molecule has 0 spiro atoms. The second-order valence-corrected chi connectivity index (χ2v) is 9.42. The molecular formula is C22H30N6O2. The van der Waals surface area contributed by atoms with Crippen LogP contribution in [0.4, 0.5) is 0 Å². The van der Waals surface area contributed by atoms with Crippen molar-refractivity contribution in [2.75, 3.05) is 32.8 Å². The monoisotopic (exact) mass is 410 g/mol. The summed E-state index contributed by atoms with van der Waals surface area (Å²) < 4.78 is 7.32. The summed E-state index contributed by atoms with van der Waals surface area (Å²) in [6.45, 7) is 8.26. The molecule has 0 radical (unpaired) electrons. The fourth-order valence-corrected chi connectivity index (χ4v) is 5.43. The maximum Gasteiger partial charge on any atom is 0.272 e. The number of fused-ring (bicyclic) bond motifs is 3. The number of morpholine rings is 1. The summed E-state index contributed by atoms with van der Waals surface area (Å²) in [5.41, 5.74) is 2.48. The fourth-order valence-electron chi connectivity index (χ4n) is 5.43. The van der Waals surface area contributed by atoms with E-state index in [4.69, 9.17) is 9.84 Å². The van der Waals surface area contributed by atoms with Gasteiger partial charge in [0, 0.05) is 49.0 Å². The van der Waals surface area contributed by atoms with Gasteiger partial charge in [-0.1, -0.05) is 6.42 Å². The Bertz CT molecular complexity index is 919. The molecule has 2 aromatic heterocycles. The van der Waals surface area contributed by atoms with Crippen molar-refractivity contribution in [1.82, 2.24) is 30.0 Å². The SMILES string of the molecule is CC(C)(CN1CCOCC1)NC(=O)c1nn(-c2cnccn2)c2c1C[C@@H]1CCC[C@H]21. The molecule has 1 amide bonds. The van der Waals surface area contributed by atoms with E-state index >= 15 is 0 Å². The zero-order valence-corrected chi connectivity index (χ0v) is 17.8. The Balaban J connectivity index is 1.42. The third kappa shape index (κ3) is 3.63. The van der Waals surface area contributed by atoms with Gasteiger partial charge >= 0.3 is 0 Å². The van der Waals surface area contributed by atoms with E-state index in [9.17, 15) is 4.79 Å². The smallest absolute Gasteiger partial charge is 0.272 e. The number of carbonyl (C=O) groups is 1. The molecule has 8 heteroatoms. The third-order valence-electron chi connectivity index (χ3n) is 6.66. The summed E-state index contributed by atoms with van der Waals surface area (Å²) in [6, 6.07) is 0. The van der Waals surface area contributed by atoms with Gasteiger partial charge in [-0.05, 0) is 39.0 Å². The Morgan fingerprint density at radius 1 is 1.27 bits per heavy atom. The van der Waals surface area contributed by atoms with Gasteiger partial charge in [0.15, 0.2) is 11.5 Å². The van der Waals surface area contributed by atoms with Crippen LogP contribution in [0.2, 0.25) is 0 Å². The van der Waals surface area contributed by atoms with E-state index < -0.39 is 0 Å². The van der Waals surface area contributed by atoms with Crippen LogP contribution in [0.5, 0.6) is 0 Å². The van der Waals surface area contributed by atoms with Crippen molar-refractivity contribution in [2.45, 2.75) is 51.0 Å². The molecule has 1 aliphatic heterocycles. The number of hydrogen-bond acceptors (Lipinski definition) is 6. The van der Waals surface area contributed by atoms with Crippen LogP contribution in [-0.4, -0.2) is 68.9 Å². The lowest BCUT2D eigenvalue weighted by atomic mass is 9.99. The van der Waals surface area contributed by atoms with Crippen molar-refractivity contribution in [3.63, 3.8) is 0 Å². The second-order valence-electron chi connectivity index (χ2n) is 9.42. The van der Waals surface area contributed by atoms with Gasteiger partial charge in [0.1, 0.15) is 0 Å². The normalized spacial score (nSPS) is 23.9. The summed E-state index contributed by atoms with van der Waals surface area (Å²) in [5.74, 6) is 1.69. The topological polar surface area (TPSA) is 85.2 Å². The standard InChI is InChI=1S/C22H30N6O2/c1-22(2,14-27-8-10-30-11-9-27)25-21(29)19-17-12-15-4-3-5-16(15)20(17)28(26-19)18-13-23-6-7-24-18/h6-7,13,15-16H,3-5,8-12,14H2,1-2H3,(H,25,29)/t15-,16-/m0/s1. The average Bonchev–Trinajstić information content (AvgIpc) is 3.40.